The molecule has 2 heterocycles. The topological polar surface area (TPSA) is 29.3 Å². The van der Waals surface area contributed by atoms with Crippen molar-refractivity contribution in [1.82, 2.24) is 4.90 Å². The van der Waals surface area contributed by atoms with E-state index in [-0.39, 0.29) is 6.04 Å². The quantitative estimate of drug-likeness (QED) is 0.901. The van der Waals surface area contributed by atoms with Crippen LogP contribution in [0.2, 0.25) is 0 Å². The first kappa shape index (κ1) is 14.7. The lowest BCUT2D eigenvalue weighted by Gasteiger charge is -2.35. The van der Waals surface area contributed by atoms with Crippen molar-refractivity contribution in [2.75, 3.05) is 6.54 Å². The molecule has 1 unspecified atom stereocenters. The van der Waals surface area contributed by atoms with E-state index in [0.29, 0.717) is 12.1 Å². The van der Waals surface area contributed by atoms with Gasteiger partial charge in [-0.3, -0.25) is 0 Å². The van der Waals surface area contributed by atoms with Crippen LogP contribution in [0.3, 0.4) is 0 Å². The summed E-state index contributed by atoms with van der Waals surface area (Å²) in [6.45, 7) is 4.52. The van der Waals surface area contributed by atoms with E-state index in [4.69, 9.17) is 5.73 Å². The smallest absolute Gasteiger partial charge is 0.159 e. The van der Waals surface area contributed by atoms with Crippen molar-refractivity contribution in [2.24, 2.45) is 5.73 Å². The van der Waals surface area contributed by atoms with Crippen molar-refractivity contribution in [3.05, 3.63) is 76.7 Å². The van der Waals surface area contributed by atoms with Crippen molar-refractivity contribution >= 4 is 5.57 Å². The molecule has 0 radical (unpaired) electrons. The van der Waals surface area contributed by atoms with Gasteiger partial charge in [-0.05, 0) is 60.9 Å². The molecule has 0 spiro atoms. The van der Waals surface area contributed by atoms with Crippen LogP contribution in [-0.2, 0) is 0 Å². The Morgan fingerprint density at radius 2 is 2.00 bits per heavy atom. The zero-order chi connectivity index (χ0) is 15.9. The van der Waals surface area contributed by atoms with Gasteiger partial charge in [0, 0.05) is 24.0 Å². The third-order valence-electron chi connectivity index (χ3n) is 4.07. The zero-order valence-electron chi connectivity index (χ0n) is 12.6. The summed E-state index contributed by atoms with van der Waals surface area (Å²) in [7, 11) is 0. The fourth-order valence-electron chi connectivity index (χ4n) is 2.86. The van der Waals surface area contributed by atoms with E-state index in [9.17, 15) is 8.78 Å². The van der Waals surface area contributed by atoms with Crippen LogP contribution in [0, 0.1) is 11.6 Å². The number of fused-ring (bicyclic) bond motifs is 1. The molecule has 0 aliphatic carbocycles. The van der Waals surface area contributed by atoms with E-state index in [1.807, 2.05) is 38.2 Å². The molecule has 3 rings (SSSR count). The fraction of sp³-hybridized carbons (Fsp3) is 0.222. The van der Waals surface area contributed by atoms with Crippen LogP contribution in [0.1, 0.15) is 19.4 Å². The first-order chi connectivity index (χ1) is 10.5. The van der Waals surface area contributed by atoms with Gasteiger partial charge in [0.2, 0.25) is 0 Å². The Morgan fingerprint density at radius 3 is 2.68 bits per heavy atom. The summed E-state index contributed by atoms with van der Waals surface area (Å²) >= 11 is 0. The molecule has 22 heavy (non-hydrogen) atoms. The predicted molar refractivity (Wildman–Crippen MR) is 84.6 cm³/mol. The Balaban J connectivity index is 2.13. The molecule has 0 bridgehead atoms. The number of allylic oxidation sites excluding steroid dienone is 4. The molecule has 1 atom stereocenters. The minimum Gasteiger partial charge on any atom is -0.341 e. The average Bonchev–Trinajstić information content (AvgIpc) is 2.49. The Hall–Kier alpha value is -2.20. The van der Waals surface area contributed by atoms with Gasteiger partial charge in [0.25, 0.3) is 0 Å². The van der Waals surface area contributed by atoms with Crippen LogP contribution in [0.4, 0.5) is 8.78 Å². The Kier molecular flexibility index (Phi) is 3.71. The maximum atomic E-state index is 13.6. The van der Waals surface area contributed by atoms with Gasteiger partial charge in [-0.25, -0.2) is 8.78 Å². The molecule has 2 aliphatic heterocycles. The van der Waals surface area contributed by atoms with E-state index >= 15 is 0 Å². The van der Waals surface area contributed by atoms with Crippen LogP contribution in [0.5, 0.6) is 0 Å². The lowest BCUT2D eigenvalue weighted by molar-refractivity contribution is 0.481. The molecular formula is C18H18F2N2. The van der Waals surface area contributed by atoms with Crippen LogP contribution in [0.15, 0.2) is 59.5 Å². The maximum Gasteiger partial charge on any atom is 0.159 e. The van der Waals surface area contributed by atoms with E-state index < -0.39 is 11.6 Å². The molecule has 0 fully saturated rings. The third-order valence-corrected chi connectivity index (χ3v) is 4.07. The molecule has 114 valence electrons. The van der Waals surface area contributed by atoms with Crippen molar-refractivity contribution in [2.45, 2.75) is 19.9 Å². The number of hydrogen-bond donors (Lipinski definition) is 1. The molecule has 2 nitrogen and oxygen atoms in total. The number of halogens is 2. The van der Waals surface area contributed by atoms with Gasteiger partial charge in [-0.2, -0.15) is 0 Å². The summed E-state index contributed by atoms with van der Waals surface area (Å²) in [6, 6.07) is 3.82. The Labute approximate surface area is 128 Å². The highest BCUT2D eigenvalue weighted by Gasteiger charge is 2.24. The van der Waals surface area contributed by atoms with Crippen molar-refractivity contribution in [3.8, 4) is 0 Å². The minimum absolute atomic E-state index is 0.183. The lowest BCUT2D eigenvalue weighted by Crippen LogP contribution is -2.31. The van der Waals surface area contributed by atoms with Gasteiger partial charge < -0.3 is 10.6 Å². The second kappa shape index (κ2) is 5.54. The number of rotatable bonds is 2. The SMILES string of the molecule is CC1=CC=CC2=CC(C(C)N)=C(c3ccc(F)c(F)c3)CN12. The molecule has 4 heteroatoms. The Morgan fingerprint density at radius 1 is 1.23 bits per heavy atom. The van der Waals surface area contributed by atoms with Gasteiger partial charge in [-0.15, -0.1) is 0 Å². The lowest BCUT2D eigenvalue weighted by atomic mass is 9.90. The highest BCUT2D eigenvalue weighted by Crippen LogP contribution is 2.34. The standard InChI is InChI=1S/C18H18F2N2/c1-11-4-3-5-14-9-15(12(2)21)16(10-22(11)14)13-6-7-17(19)18(20)8-13/h3-9,12H,10,21H2,1-2H3. The monoisotopic (exact) mass is 300 g/mol. The molecule has 0 saturated carbocycles. The highest BCUT2D eigenvalue weighted by molar-refractivity contribution is 5.76. The van der Waals surface area contributed by atoms with E-state index in [0.717, 1.165) is 28.6 Å². The number of hydrogen-bond acceptors (Lipinski definition) is 2. The minimum atomic E-state index is -0.838. The van der Waals surface area contributed by atoms with Crippen molar-refractivity contribution in [3.63, 3.8) is 0 Å². The van der Waals surface area contributed by atoms with Crippen molar-refractivity contribution in [1.29, 1.82) is 0 Å². The van der Waals surface area contributed by atoms with Crippen LogP contribution >= 0.6 is 0 Å². The molecular weight excluding hydrogens is 282 g/mol. The predicted octanol–water partition coefficient (Wildman–Crippen LogP) is 3.74. The van der Waals surface area contributed by atoms with E-state index in [2.05, 4.69) is 4.90 Å². The van der Waals surface area contributed by atoms with Crippen LogP contribution < -0.4 is 5.73 Å². The molecule has 0 amide bonds. The summed E-state index contributed by atoms with van der Waals surface area (Å²) < 4.78 is 26.8. The van der Waals surface area contributed by atoms with Gasteiger partial charge in [0.1, 0.15) is 0 Å². The molecule has 2 aliphatic rings. The molecule has 1 aromatic carbocycles. The van der Waals surface area contributed by atoms with Gasteiger partial charge in [0.15, 0.2) is 11.6 Å². The van der Waals surface area contributed by atoms with Crippen LogP contribution in [-0.4, -0.2) is 17.5 Å². The van der Waals surface area contributed by atoms with E-state index in [1.54, 1.807) is 6.07 Å². The van der Waals surface area contributed by atoms with E-state index in [1.165, 1.54) is 6.07 Å². The third kappa shape index (κ3) is 2.50. The maximum absolute atomic E-state index is 13.6. The van der Waals surface area contributed by atoms with Gasteiger partial charge >= 0.3 is 0 Å². The highest BCUT2D eigenvalue weighted by atomic mass is 19.2. The van der Waals surface area contributed by atoms with Gasteiger partial charge in [0.05, 0.1) is 0 Å². The molecule has 0 aromatic heterocycles. The molecule has 2 N–H and O–H groups in total. The summed E-state index contributed by atoms with van der Waals surface area (Å²) in [6.07, 6.45) is 8.07. The first-order valence-electron chi connectivity index (χ1n) is 7.25. The Bertz CT molecular complexity index is 739. The zero-order valence-corrected chi connectivity index (χ0v) is 12.6. The fourth-order valence-corrected chi connectivity index (χ4v) is 2.86. The van der Waals surface area contributed by atoms with Crippen molar-refractivity contribution < 1.29 is 8.78 Å². The summed E-state index contributed by atoms with van der Waals surface area (Å²) in [5.41, 5.74) is 10.8. The number of nitrogens with zero attached hydrogens (tertiary/aromatic N) is 1. The summed E-state index contributed by atoms with van der Waals surface area (Å²) in [5.74, 6) is -1.68. The van der Waals surface area contributed by atoms with Crippen LogP contribution in [0.25, 0.3) is 5.57 Å². The largest absolute Gasteiger partial charge is 0.341 e. The second-order valence-electron chi connectivity index (χ2n) is 5.67. The normalized spacial score (nSPS) is 18.9. The van der Waals surface area contributed by atoms with Gasteiger partial charge in [-0.1, -0.05) is 12.1 Å². The summed E-state index contributed by atoms with van der Waals surface area (Å²) in [5, 5.41) is 0. The second-order valence-corrected chi connectivity index (χ2v) is 5.67. The molecule has 1 aromatic rings. The average molecular weight is 300 g/mol. The summed E-state index contributed by atoms with van der Waals surface area (Å²) in [4.78, 5) is 2.14. The number of nitrogens with two attached hydrogens (primary N) is 1. The molecule has 0 saturated heterocycles. The number of benzene rings is 1. The first-order valence-corrected chi connectivity index (χ1v) is 7.25.